The van der Waals surface area contributed by atoms with E-state index in [0.717, 1.165) is 12.5 Å². The second-order valence-electron chi connectivity index (χ2n) is 4.38. The number of hydrogen-bond acceptors (Lipinski definition) is 2. The maximum atomic E-state index is 13.6. The predicted molar refractivity (Wildman–Crippen MR) is 74.6 cm³/mol. The summed E-state index contributed by atoms with van der Waals surface area (Å²) in [6.07, 6.45) is 0.859. The summed E-state index contributed by atoms with van der Waals surface area (Å²) in [7, 11) is 0. The van der Waals surface area contributed by atoms with E-state index in [1.807, 2.05) is 13.0 Å². The number of hydrogen-bond donors (Lipinski definition) is 1. The summed E-state index contributed by atoms with van der Waals surface area (Å²) in [6.45, 7) is 2.55. The van der Waals surface area contributed by atoms with Crippen molar-refractivity contribution in [2.75, 3.05) is 6.61 Å². The molecule has 0 amide bonds. The van der Waals surface area contributed by atoms with E-state index >= 15 is 0 Å². The van der Waals surface area contributed by atoms with E-state index < -0.39 is 11.8 Å². The van der Waals surface area contributed by atoms with Gasteiger partial charge < -0.3 is 9.84 Å². The molecule has 0 saturated carbocycles. The Morgan fingerprint density at radius 1 is 1.25 bits per heavy atom. The molecule has 0 bridgehead atoms. The minimum atomic E-state index is -1.15. The highest BCUT2D eigenvalue weighted by Crippen LogP contribution is 2.31. The third kappa shape index (κ3) is 3.15. The summed E-state index contributed by atoms with van der Waals surface area (Å²) in [5, 5.41) is 8.99. The SMILES string of the molecule is CCCOc1ccccc1-c1cc(F)cc(C(=O)O)c1. The smallest absolute Gasteiger partial charge is 0.335 e. The molecular weight excluding hydrogens is 259 g/mol. The fourth-order valence-electron chi connectivity index (χ4n) is 1.91. The van der Waals surface area contributed by atoms with Crippen molar-refractivity contribution in [1.82, 2.24) is 0 Å². The first kappa shape index (κ1) is 14.1. The van der Waals surface area contributed by atoms with Crippen molar-refractivity contribution >= 4 is 5.97 Å². The number of carboxylic acids is 1. The van der Waals surface area contributed by atoms with Crippen molar-refractivity contribution in [2.45, 2.75) is 13.3 Å². The molecule has 0 aromatic heterocycles. The molecule has 2 aromatic rings. The molecule has 0 heterocycles. The first-order valence-electron chi connectivity index (χ1n) is 6.38. The molecule has 0 spiro atoms. The minimum absolute atomic E-state index is 0.0784. The van der Waals surface area contributed by atoms with Gasteiger partial charge in [0.25, 0.3) is 0 Å². The van der Waals surface area contributed by atoms with Crippen molar-refractivity contribution in [3.05, 3.63) is 53.8 Å². The van der Waals surface area contributed by atoms with Gasteiger partial charge in [-0.15, -0.1) is 0 Å². The van der Waals surface area contributed by atoms with Crippen molar-refractivity contribution in [2.24, 2.45) is 0 Å². The first-order valence-corrected chi connectivity index (χ1v) is 6.38. The molecule has 104 valence electrons. The van der Waals surface area contributed by atoms with E-state index in [2.05, 4.69) is 0 Å². The minimum Gasteiger partial charge on any atom is -0.493 e. The number of rotatable bonds is 5. The standard InChI is InChI=1S/C16H15FO3/c1-2-7-20-15-6-4-3-5-14(15)11-8-12(16(18)19)10-13(17)9-11/h3-6,8-10H,2,7H2,1H3,(H,18,19). The second kappa shape index (κ2) is 6.19. The van der Waals surface area contributed by atoms with Gasteiger partial charge in [-0.3, -0.25) is 0 Å². The fraction of sp³-hybridized carbons (Fsp3) is 0.188. The number of halogens is 1. The highest BCUT2D eigenvalue weighted by molar-refractivity contribution is 5.89. The van der Waals surface area contributed by atoms with Gasteiger partial charge in [0, 0.05) is 5.56 Å². The topological polar surface area (TPSA) is 46.5 Å². The molecule has 2 rings (SSSR count). The van der Waals surface area contributed by atoms with Gasteiger partial charge in [-0.2, -0.15) is 0 Å². The summed E-state index contributed by atoms with van der Waals surface area (Å²) >= 11 is 0. The maximum absolute atomic E-state index is 13.6. The molecule has 0 radical (unpaired) electrons. The molecule has 0 aliphatic carbocycles. The average Bonchev–Trinajstić information content (AvgIpc) is 2.44. The fourth-order valence-corrected chi connectivity index (χ4v) is 1.91. The molecule has 0 atom stereocenters. The van der Waals surface area contributed by atoms with Crippen molar-refractivity contribution in [3.63, 3.8) is 0 Å². The molecule has 0 unspecified atom stereocenters. The van der Waals surface area contributed by atoms with Gasteiger partial charge in [0.2, 0.25) is 0 Å². The van der Waals surface area contributed by atoms with Crippen molar-refractivity contribution in [3.8, 4) is 16.9 Å². The van der Waals surface area contributed by atoms with Crippen LogP contribution in [0.15, 0.2) is 42.5 Å². The number of benzene rings is 2. The number of para-hydroxylation sites is 1. The molecule has 1 N–H and O–H groups in total. The molecule has 0 aliphatic heterocycles. The first-order chi connectivity index (χ1) is 9.61. The summed E-state index contributed by atoms with van der Waals surface area (Å²) in [5.74, 6) is -1.11. The van der Waals surface area contributed by atoms with E-state index in [1.165, 1.54) is 12.1 Å². The second-order valence-corrected chi connectivity index (χ2v) is 4.38. The van der Waals surface area contributed by atoms with Crippen LogP contribution in [0, 0.1) is 5.82 Å². The van der Waals surface area contributed by atoms with Crippen LogP contribution in [0.3, 0.4) is 0 Å². The van der Waals surface area contributed by atoms with Crippen LogP contribution in [0.5, 0.6) is 5.75 Å². The Labute approximate surface area is 116 Å². The lowest BCUT2D eigenvalue weighted by molar-refractivity contribution is 0.0696. The molecule has 20 heavy (non-hydrogen) atoms. The Kier molecular flexibility index (Phi) is 4.35. The highest BCUT2D eigenvalue weighted by atomic mass is 19.1. The largest absolute Gasteiger partial charge is 0.493 e. The van der Waals surface area contributed by atoms with Crippen LogP contribution in [0.2, 0.25) is 0 Å². The van der Waals surface area contributed by atoms with Gasteiger partial charge in [0.1, 0.15) is 11.6 Å². The monoisotopic (exact) mass is 274 g/mol. The third-order valence-electron chi connectivity index (χ3n) is 2.80. The van der Waals surface area contributed by atoms with E-state index in [-0.39, 0.29) is 5.56 Å². The van der Waals surface area contributed by atoms with Crippen LogP contribution in [0.4, 0.5) is 4.39 Å². The molecule has 0 aliphatic rings. The van der Waals surface area contributed by atoms with Crippen LogP contribution in [0.1, 0.15) is 23.7 Å². The highest BCUT2D eigenvalue weighted by Gasteiger charge is 2.11. The Balaban J connectivity index is 2.48. The van der Waals surface area contributed by atoms with E-state index in [1.54, 1.807) is 18.2 Å². The lowest BCUT2D eigenvalue weighted by atomic mass is 10.0. The zero-order valence-corrected chi connectivity index (χ0v) is 11.1. The lowest BCUT2D eigenvalue weighted by Crippen LogP contribution is -1.99. The van der Waals surface area contributed by atoms with Crippen LogP contribution in [-0.4, -0.2) is 17.7 Å². The summed E-state index contributed by atoms with van der Waals surface area (Å²) in [5.41, 5.74) is 1.10. The Hall–Kier alpha value is -2.36. The predicted octanol–water partition coefficient (Wildman–Crippen LogP) is 3.98. The lowest BCUT2D eigenvalue weighted by Gasteiger charge is -2.11. The summed E-state index contributed by atoms with van der Waals surface area (Å²) < 4.78 is 19.2. The number of carboxylic acid groups (broad SMARTS) is 1. The summed E-state index contributed by atoms with van der Waals surface area (Å²) in [6, 6.07) is 11.0. The number of aromatic carboxylic acids is 1. The zero-order chi connectivity index (χ0) is 14.5. The summed E-state index contributed by atoms with van der Waals surface area (Å²) in [4.78, 5) is 11.0. The Bertz CT molecular complexity index is 623. The van der Waals surface area contributed by atoms with Crippen LogP contribution in [0.25, 0.3) is 11.1 Å². The number of carbonyl (C=O) groups is 1. The van der Waals surface area contributed by atoms with Crippen molar-refractivity contribution < 1.29 is 19.0 Å². The van der Waals surface area contributed by atoms with Gasteiger partial charge in [-0.1, -0.05) is 25.1 Å². The van der Waals surface area contributed by atoms with Gasteiger partial charge in [-0.25, -0.2) is 9.18 Å². The van der Waals surface area contributed by atoms with Gasteiger partial charge in [-0.05, 0) is 36.2 Å². The Morgan fingerprint density at radius 3 is 2.70 bits per heavy atom. The van der Waals surface area contributed by atoms with Crippen LogP contribution >= 0.6 is 0 Å². The quantitative estimate of drug-likeness (QED) is 0.897. The number of ether oxygens (including phenoxy) is 1. The third-order valence-corrected chi connectivity index (χ3v) is 2.80. The van der Waals surface area contributed by atoms with Crippen LogP contribution < -0.4 is 4.74 Å². The van der Waals surface area contributed by atoms with Gasteiger partial charge in [0.15, 0.2) is 0 Å². The Morgan fingerprint density at radius 2 is 2.00 bits per heavy atom. The zero-order valence-electron chi connectivity index (χ0n) is 11.1. The van der Waals surface area contributed by atoms with E-state index in [9.17, 15) is 9.18 Å². The molecular formula is C16H15FO3. The molecule has 0 saturated heterocycles. The molecule has 3 nitrogen and oxygen atoms in total. The van der Waals surface area contributed by atoms with Crippen molar-refractivity contribution in [1.29, 1.82) is 0 Å². The van der Waals surface area contributed by atoms with Crippen LogP contribution in [-0.2, 0) is 0 Å². The van der Waals surface area contributed by atoms with E-state index in [4.69, 9.17) is 9.84 Å². The molecule has 4 heteroatoms. The average molecular weight is 274 g/mol. The molecule has 0 fully saturated rings. The normalized spacial score (nSPS) is 10.3. The van der Waals surface area contributed by atoms with Gasteiger partial charge in [0.05, 0.1) is 12.2 Å². The molecule has 2 aromatic carbocycles. The van der Waals surface area contributed by atoms with Gasteiger partial charge >= 0.3 is 5.97 Å². The maximum Gasteiger partial charge on any atom is 0.335 e. The van der Waals surface area contributed by atoms with E-state index in [0.29, 0.717) is 23.5 Å².